The van der Waals surface area contributed by atoms with E-state index >= 15 is 0 Å². The summed E-state index contributed by atoms with van der Waals surface area (Å²) in [4.78, 5) is 4.35. The molecule has 1 atom stereocenters. The maximum Gasteiger partial charge on any atom is 0.236 e. The molecule has 3 nitrogen and oxygen atoms in total. The second-order valence-corrected chi connectivity index (χ2v) is 6.44. The molecule has 0 aliphatic carbocycles. The Balaban J connectivity index is 2.12. The number of hydrogen-bond acceptors (Lipinski definition) is 4. The lowest BCUT2D eigenvalue weighted by molar-refractivity contribution is 0.391. The summed E-state index contributed by atoms with van der Waals surface area (Å²) in [6.07, 6.45) is 1.12. The van der Waals surface area contributed by atoms with Gasteiger partial charge in [-0.25, -0.2) is 0 Å². The van der Waals surface area contributed by atoms with Gasteiger partial charge in [-0.1, -0.05) is 42.2 Å². The van der Waals surface area contributed by atoms with Crippen LogP contribution in [-0.2, 0) is 5.75 Å². The lowest BCUT2D eigenvalue weighted by Crippen LogP contribution is -1.93. The van der Waals surface area contributed by atoms with Crippen molar-refractivity contribution in [2.24, 2.45) is 0 Å². The van der Waals surface area contributed by atoms with Crippen molar-refractivity contribution in [2.75, 3.05) is 0 Å². The van der Waals surface area contributed by atoms with Crippen molar-refractivity contribution in [1.29, 1.82) is 0 Å². The van der Waals surface area contributed by atoms with E-state index in [1.54, 1.807) is 30.0 Å². The summed E-state index contributed by atoms with van der Waals surface area (Å²) >= 11 is 13.8. The summed E-state index contributed by atoms with van der Waals surface area (Å²) in [6, 6.07) is 5.22. The maximum atomic E-state index is 6.11. The average Bonchev–Trinajstić information content (AvgIpc) is 2.84. The molecule has 1 unspecified atom stereocenters. The van der Waals surface area contributed by atoms with Gasteiger partial charge in [-0.2, -0.15) is 4.98 Å². The predicted octanol–water partition coefficient (Wildman–Crippen LogP) is 5.08. The Morgan fingerprint density at radius 3 is 2.84 bits per heavy atom. The van der Waals surface area contributed by atoms with Crippen LogP contribution in [0.3, 0.4) is 0 Å². The normalized spacial score (nSPS) is 12.6. The van der Waals surface area contributed by atoms with Crippen molar-refractivity contribution in [2.45, 2.75) is 31.3 Å². The lowest BCUT2D eigenvalue weighted by atomic mass is 10.2. The van der Waals surface area contributed by atoms with E-state index in [2.05, 4.69) is 24.0 Å². The molecule has 1 aromatic carbocycles. The highest BCUT2D eigenvalue weighted by Crippen LogP contribution is 2.29. The molecule has 2 aromatic rings. The van der Waals surface area contributed by atoms with E-state index in [4.69, 9.17) is 27.7 Å². The highest BCUT2D eigenvalue weighted by Gasteiger charge is 2.13. The van der Waals surface area contributed by atoms with E-state index in [1.807, 2.05) is 0 Å². The molecule has 6 heteroatoms. The molecule has 0 spiro atoms. The van der Waals surface area contributed by atoms with Gasteiger partial charge >= 0.3 is 0 Å². The summed E-state index contributed by atoms with van der Waals surface area (Å²) in [7, 11) is 0. The number of halogens is 2. The van der Waals surface area contributed by atoms with Gasteiger partial charge in [0.2, 0.25) is 11.7 Å². The largest absolute Gasteiger partial charge is 0.338 e. The van der Waals surface area contributed by atoms with Crippen LogP contribution in [0.4, 0.5) is 0 Å². The van der Waals surface area contributed by atoms with Gasteiger partial charge in [-0.3, -0.25) is 0 Å². The Bertz CT molecular complexity index is 559. The molecule has 0 amide bonds. The van der Waals surface area contributed by atoms with Gasteiger partial charge in [0.15, 0.2) is 0 Å². The SMILES string of the molecule is CCC(C)SCc1nc(-c2ccc(Cl)cc2Cl)no1. The van der Waals surface area contributed by atoms with Gasteiger partial charge in [-0.15, -0.1) is 11.8 Å². The van der Waals surface area contributed by atoms with E-state index in [0.717, 1.165) is 12.0 Å². The van der Waals surface area contributed by atoms with Gasteiger partial charge in [0.25, 0.3) is 0 Å². The minimum absolute atomic E-state index is 0.501. The third-order valence-corrected chi connectivity index (χ3v) is 4.57. The molecule has 0 fully saturated rings. The number of aromatic nitrogens is 2. The fourth-order valence-electron chi connectivity index (χ4n) is 1.43. The van der Waals surface area contributed by atoms with Crippen LogP contribution < -0.4 is 0 Å². The molecule has 2 rings (SSSR count). The second kappa shape index (κ2) is 6.64. The van der Waals surface area contributed by atoms with Crippen LogP contribution in [-0.4, -0.2) is 15.4 Å². The van der Waals surface area contributed by atoms with E-state index in [1.165, 1.54) is 0 Å². The third-order valence-electron chi connectivity index (χ3n) is 2.71. The van der Waals surface area contributed by atoms with E-state index in [-0.39, 0.29) is 0 Å². The quantitative estimate of drug-likeness (QED) is 0.771. The molecule has 19 heavy (non-hydrogen) atoms. The maximum absolute atomic E-state index is 6.11. The van der Waals surface area contributed by atoms with E-state index < -0.39 is 0 Å². The van der Waals surface area contributed by atoms with Crippen LogP contribution in [0.15, 0.2) is 22.7 Å². The standard InChI is InChI=1S/C13H14Cl2N2OS/c1-3-8(2)19-7-12-16-13(17-18-12)10-5-4-9(14)6-11(10)15/h4-6,8H,3,7H2,1-2H3. The zero-order chi connectivity index (χ0) is 13.8. The highest BCUT2D eigenvalue weighted by molar-refractivity contribution is 7.99. The zero-order valence-electron chi connectivity index (χ0n) is 10.7. The minimum Gasteiger partial charge on any atom is -0.338 e. The Kier molecular flexibility index (Phi) is 5.13. The molecule has 0 aliphatic rings. The van der Waals surface area contributed by atoms with Crippen molar-refractivity contribution in [3.8, 4) is 11.4 Å². The highest BCUT2D eigenvalue weighted by atomic mass is 35.5. The smallest absolute Gasteiger partial charge is 0.236 e. The number of hydrogen-bond donors (Lipinski definition) is 0. The van der Waals surface area contributed by atoms with Crippen molar-refractivity contribution in [3.05, 3.63) is 34.1 Å². The molecule has 0 bridgehead atoms. The number of benzene rings is 1. The molecule has 0 N–H and O–H groups in total. The molecule has 1 aromatic heterocycles. The molecular formula is C13H14Cl2N2OS. The van der Waals surface area contributed by atoms with Crippen LogP contribution in [0.5, 0.6) is 0 Å². The molecular weight excluding hydrogens is 303 g/mol. The van der Waals surface area contributed by atoms with Gasteiger partial charge in [0.05, 0.1) is 10.8 Å². The molecule has 1 heterocycles. The number of thioether (sulfide) groups is 1. The Labute approximate surface area is 126 Å². The second-order valence-electron chi connectivity index (χ2n) is 4.17. The third kappa shape index (κ3) is 3.88. The van der Waals surface area contributed by atoms with Crippen molar-refractivity contribution >= 4 is 35.0 Å². The zero-order valence-corrected chi connectivity index (χ0v) is 13.0. The van der Waals surface area contributed by atoms with Gasteiger partial charge in [-0.05, 0) is 24.6 Å². The van der Waals surface area contributed by atoms with Crippen LogP contribution in [0.2, 0.25) is 10.0 Å². The molecule has 0 saturated carbocycles. The fraction of sp³-hybridized carbons (Fsp3) is 0.385. The summed E-state index contributed by atoms with van der Waals surface area (Å²) < 4.78 is 5.23. The van der Waals surface area contributed by atoms with E-state index in [0.29, 0.717) is 32.8 Å². The first kappa shape index (κ1) is 14.7. The first-order valence-corrected chi connectivity index (χ1v) is 7.80. The monoisotopic (exact) mass is 316 g/mol. The molecule has 0 saturated heterocycles. The van der Waals surface area contributed by atoms with Crippen LogP contribution in [0, 0.1) is 0 Å². The summed E-state index contributed by atoms with van der Waals surface area (Å²) in [5.74, 6) is 1.83. The van der Waals surface area contributed by atoms with Crippen LogP contribution >= 0.6 is 35.0 Å². The van der Waals surface area contributed by atoms with E-state index in [9.17, 15) is 0 Å². The Morgan fingerprint density at radius 2 is 2.16 bits per heavy atom. The lowest BCUT2D eigenvalue weighted by Gasteiger charge is -2.04. The van der Waals surface area contributed by atoms with Crippen molar-refractivity contribution in [1.82, 2.24) is 10.1 Å². The van der Waals surface area contributed by atoms with Crippen molar-refractivity contribution in [3.63, 3.8) is 0 Å². The van der Waals surface area contributed by atoms with Crippen LogP contribution in [0.1, 0.15) is 26.2 Å². The van der Waals surface area contributed by atoms with Crippen molar-refractivity contribution < 1.29 is 4.52 Å². The van der Waals surface area contributed by atoms with Gasteiger partial charge in [0, 0.05) is 15.8 Å². The topological polar surface area (TPSA) is 38.9 Å². The summed E-state index contributed by atoms with van der Waals surface area (Å²) in [5.41, 5.74) is 0.731. The first-order valence-electron chi connectivity index (χ1n) is 5.99. The number of nitrogens with zero attached hydrogens (tertiary/aromatic N) is 2. The Morgan fingerprint density at radius 1 is 1.37 bits per heavy atom. The molecule has 0 aliphatic heterocycles. The predicted molar refractivity (Wildman–Crippen MR) is 80.8 cm³/mol. The molecule has 0 radical (unpaired) electrons. The summed E-state index contributed by atoms with van der Waals surface area (Å²) in [6.45, 7) is 4.34. The fourth-order valence-corrected chi connectivity index (χ4v) is 2.70. The first-order chi connectivity index (χ1) is 9.10. The van der Waals surface area contributed by atoms with Gasteiger partial charge < -0.3 is 4.52 Å². The minimum atomic E-state index is 0.501. The van der Waals surface area contributed by atoms with Gasteiger partial charge in [0.1, 0.15) is 0 Å². The summed E-state index contributed by atoms with van der Waals surface area (Å²) in [5, 5.41) is 5.64. The molecule has 102 valence electrons. The average molecular weight is 317 g/mol. The van der Waals surface area contributed by atoms with Crippen LogP contribution in [0.25, 0.3) is 11.4 Å². The Hall–Kier alpha value is -0.710. The number of rotatable bonds is 5.